The van der Waals surface area contributed by atoms with Crippen LogP contribution in [0.4, 0.5) is 4.39 Å². The number of rotatable bonds is 3. The normalized spacial score (nSPS) is 11.1. The van der Waals surface area contributed by atoms with Crippen molar-refractivity contribution in [2.45, 2.75) is 6.92 Å². The van der Waals surface area contributed by atoms with Crippen LogP contribution in [0.15, 0.2) is 48.7 Å². The minimum Gasteiger partial charge on any atom is -0.495 e. The van der Waals surface area contributed by atoms with Gasteiger partial charge in [0.15, 0.2) is 0 Å². The Morgan fingerprint density at radius 2 is 1.78 bits per heavy atom. The van der Waals surface area contributed by atoms with E-state index in [4.69, 9.17) is 16.3 Å². The highest BCUT2D eigenvalue weighted by Gasteiger charge is 2.19. The molecule has 0 radical (unpaired) electrons. The van der Waals surface area contributed by atoms with Gasteiger partial charge in [-0.2, -0.15) is 5.10 Å². The molecular weight excluding hydrogens is 365 g/mol. The smallest absolute Gasteiger partial charge is 0.137 e. The van der Waals surface area contributed by atoms with Crippen LogP contribution in [0.2, 0.25) is 5.02 Å². The van der Waals surface area contributed by atoms with Gasteiger partial charge in [-0.25, -0.2) is 4.39 Å². The van der Waals surface area contributed by atoms with Crippen molar-refractivity contribution in [3.63, 3.8) is 0 Å². The molecule has 0 aliphatic heterocycles. The summed E-state index contributed by atoms with van der Waals surface area (Å²) in [5.41, 5.74) is 5.19. The molecule has 0 unspecified atom stereocenters. The van der Waals surface area contributed by atoms with Crippen molar-refractivity contribution in [1.29, 1.82) is 0 Å². The molecule has 4 rings (SSSR count). The maximum atomic E-state index is 13.4. The van der Waals surface area contributed by atoms with Crippen molar-refractivity contribution in [1.82, 2.24) is 14.8 Å². The second-order valence-electron chi connectivity index (χ2n) is 6.31. The van der Waals surface area contributed by atoms with Gasteiger partial charge in [0.25, 0.3) is 0 Å². The van der Waals surface area contributed by atoms with E-state index < -0.39 is 0 Å². The molecule has 6 heteroatoms. The lowest BCUT2D eigenvalue weighted by molar-refractivity contribution is 0.415. The van der Waals surface area contributed by atoms with Crippen LogP contribution >= 0.6 is 11.6 Å². The molecule has 2 aromatic carbocycles. The molecular formula is C21H17ClFN3O. The van der Waals surface area contributed by atoms with Crippen LogP contribution in [0.1, 0.15) is 5.69 Å². The van der Waals surface area contributed by atoms with Gasteiger partial charge in [-0.3, -0.25) is 9.67 Å². The molecule has 27 heavy (non-hydrogen) atoms. The van der Waals surface area contributed by atoms with Gasteiger partial charge < -0.3 is 4.74 Å². The SMILES string of the molecule is COc1ccc(-c2c(-c3ccc(F)cc3)ncc3c(C)nn(C)c23)cc1Cl. The van der Waals surface area contributed by atoms with Gasteiger partial charge in [0.1, 0.15) is 11.6 Å². The fourth-order valence-electron chi connectivity index (χ4n) is 3.35. The summed E-state index contributed by atoms with van der Waals surface area (Å²) >= 11 is 6.38. The number of nitrogens with zero attached hydrogens (tertiary/aromatic N) is 3. The van der Waals surface area contributed by atoms with E-state index in [-0.39, 0.29) is 5.82 Å². The lowest BCUT2D eigenvalue weighted by Gasteiger charge is -2.13. The number of hydrogen-bond acceptors (Lipinski definition) is 3. The minimum absolute atomic E-state index is 0.287. The summed E-state index contributed by atoms with van der Waals surface area (Å²) in [5, 5.41) is 6.01. The Balaban J connectivity index is 2.07. The number of aryl methyl sites for hydroxylation is 2. The molecule has 4 nitrogen and oxygen atoms in total. The van der Waals surface area contributed by atoms with Crippen molar-refractivity contribution in [3.05, 3.63) is 65.2 Å². The predicted molar refractivity (Wildman–Crippen MR) is 106 cm³/mol. The van der Waals surface area contributed by atoms with Gasteiger partial charge in [0.2, 0.25) is 0 Å². The van der Waals surface area contributed by atoms with E-state index in [1.807, 2.05) is 43.0 Å². The standard InChI is InChI=1S/C21H17ClFN3O/c1-12-16-11-24-20(13-4-7-15(23)8-5-13)19(21(16)26(2)25-12)14-6-9-18(27-3)17(22)10-14/h4-11H,1-3H3. The molecule has 0 saturated heterocycles. The number of fused-ring (bicyclic) bond motifs is 1. The van der Waals surface area contributed by atoms with Crippen molar-refractivity contribution in [3.8, 4) is 28.1 Å². The number of pyridine rings is 1. The van der Waals surface area contributed by atoms with E-state index >= 15 is 0 Å². The van der Waals surface area contributed by atoms with Crippen LogP contribution in [0.3, 0.4) is 0 Å². The summed E-state index contributed by atoms with van der Waals surface area (Å²) in [6, 6.07) is 11.9. The molecule has 0 N–H and O–H groups in total. The first-order valence-corrected chi connectivity index (χ1v) is 8.79. The number of methoxy groups -OCH3 is 1. The van der Waals surface area contributed by atoms with Crippen LogP contribution in [0, 0.1) is 12.7 Å². The Labute approximate surface area is 161 Å². The zero-order chi connectivity index (χ0) is 19.1. The Hall–Kier alpha value is -2.92. The third-order valence-electron chi connectivity index (χ3n) is 4.62. The highest BCUT2D eigenvalue weighted by molar-refractivity contribution is 6.32. The quantitative estimate of drug-likeness (QED) is 0.476. The fourth-order valence-corrected chi connectivity index (χ4v) is 3.61. The van der Waals surface area contributed by atoms with Crippen molar-refractivity contribution in [2.75, 3.05) is 7.11 Å². The second-order valence-corrected chi connectivity index (χ2v) is 6.72. The molecule has 2 heterocycles. The first-order chi connectivity index (χ1) is 13.0. The Morgan fingerprint density at radius 1 is 1.07 bits per heavy atom. The fraction of sp³-hybridized carbons (Fsp3) is 0.143. The summed E-state index contributed by atoms with van der Waals surface area (Å²) in [6.07, 6.45) is 1.81. The molecule has 0 aliphatic carbocycles. The average Bonchev–Trinajstić information content (AvgIpc) is 2.96. The maximum absolute atomic E-state index is 13.4. The molecule has 0 spiro atoms. The number of aromatic nitrogens is 3. The highest BCUT2D eigenvalue weighted by Crippen LogP contribution is 2.39. The van der Waals surface area contributed by atoms with E-state index in [0.717, 1.165) is 39.0 Å². The number of halogens is 2. The van der Waals surface area contributed by atoms with Gasteiger partial charge in [0.05, 0.1) is 29.0 Å². The maximum Gasteiger partial charge on any atom is 0.137 e. The zero-order valence-electron chi connectivity index (χ0n) is 15.1. The van der Waals surface area contributed by atoms with Crippen LogP contribution in [0.25, 0.3) is 33.3 Å². The highest BCUT2D eigenvalue weighted by atomic mass is 35.5. The third-order valence-corrected chi connectivity index (χ3v) is 4.92. The number of ether oxygens (including phenoxy) is 1. The lowest BCUT2D eigenvalue weighted by atomic mass is 9.97. The predicted octanol–water partition coefficient (Wildman–Crippen LogP) is 5.41. The Kier molecular flexibility index (Phi) is 4.32. The van der Waals surface area contributed by atoms with E-state index in [2.05, 4.69) is 10.1 Å². The molecule has 0 fully saturated rings. The van der Waals surface area contributed by atoms with Crippen LogP contribution in [-0.4, -0.2) is 21.9 Å². The van der Waals surface area contributed by atoms with Crippen LogP contribution in [-0.2, 0) is 7.05 Å². The molecule has 0 saturated carbocycles. The van der Waals surface area contributed by atoms with Gasteiger partial charge in [0, 0.05) is 29.8 Å². The number of hydrogen-bond donors (Lipinski definition) is 0. The van der Waals surface area contributed by atoms with Gasteiger partial charge >= 0.3 is 0 Å². The van der Waals surface area contributed by atoms with Crippen LogP contribution in [0.5, 0.6) is 5.75 Å². The second kappa shape index (κ2) is 6.67. The summed E-state index contributed by atoms with van der Waals surface area (Å²) in [6.45, 7) is 1.95. The molecule has 0 atom stereocenters. The van der Waals surface area contributed by atoms with E-state index in [1.54, 1.807) is 19.2 Å². The third kappa shape index (κ3) is 2.94. The van der Waals surface area contributed by atoms with Crippen LogP contribution < -0.4 is 4.74 Å². The first-order valence-electron chi connectivity index (χ1n) is 8.41. The van der Waals surface area contributed by atoms with E-state index in [9.17, 15) is 4.39 Å². The largest absolute Gasteiger partial charge is 0.495 e. The average molecular weight is 382 g/mol. The van der Waals surface area contributed by atoms with E-state index in [0.29, 0.717) is 10.8 Å². The Bertz CT molecular complexity index is 1150. The summed E-state index contributed by atoms with van der Waals surface area (Å²) in [4.78, 5) is 4.68. The van der Waals surface area contributed by atoms with Crippen molar-refractivity contribution in [2.24, 2.45) is 7.05 Å². The molecule has 0 aliphatic rings. The zero-order valence-corrected chi connectivity index (χ0v) is 15.9. The monoisotopic (exact) mass is 381 g/mol. The molecule has 0 bridgehead atoms. The molecule has 2 aromatic heterocycles. The topological polar surface area (TPSA) is 39.9 Å². The molecule has 4 aromatic rings. The summed E-state index contributed by atoms with van der Waals surface area (Å²) in [5.74, 6) is 0.315. The first kappa shape index (κ1) is 17.5. The van der Waals surface area contributed by atoms with Gasteiger partial charge in [-0.15, -0.1) is 0 Å². The summed E-state index contributed by atoms with van der Waals surface area (Å²) in [7, 11) is 3.48. The Morgan fingerprint density at radius 3 is 2.44 bits per heavy atom. The van der Waals surface area contributed by atoms with E-state index in [1.165, 1.54) is 12.1 Å². The summed E-state index contributed by atoms with van der Waals surface area (Å²) < 4.78 is 20.5. The van der Waals surface area contributed by atoms with Crippen molar-refractivity contribution >= 4 is 22.5 Å². The molecule has 136 valence electrons. The molecule has 0 amide bonds. The number of benzene rings is 2. The minimum atomic E-state index is -0.287. The lowest BCUT2D eigenvalue weighted by Crippen LogP contribution is -1.97. The van der Waals surface area contributed by atoms with Crippen molar-refractivity contribution < 1.29 is 9.13 Å². The van der Waals surface area contributed by atoms with Gasteiger partial charge in [-0.05, 0) is 48.9 Å². The van der Waals surface area contributed by atoms with Gasteiger partial charge in [-0.1, -0.05) is 17.7 Å².